The second kappa shape index (κ2) is 17.2. The molecule has 0 saturated carbocycles. The molecule has 0 aliphatic rings. The Morgan fingerprint density at radius 1 is 0.264 bits per heavy atom. The zero-order valence-corrected chi connectivity index (χ0v) is 39.5. The Morgan fingerprint density at radius 3 is 1.56 bits per heavy atom. The van der Waals surface area contributed by atoms with Crippen LogP contribution in [0.15, 0.2) is 279 Å². The average Bonchev–Trinajstić information content (AvgIpc) is 3.80. The van der Waals surface area contributed by atoms with Crippen LogP contribution in [0.2, 0.25) is 0 Å². The summed E-state index contributed by atoms with van der Waals surface area (Å²) >= 11 is 0. The fourth-order valence-corrected chi connectivity index (χ4v) is 11.6. The van der Waals surface area contributed by atoms with Gasteiger partial charge in [0.15, 0.2) is 0 Å². The van der Waals surface area contributed by atoms with Gasteiger partial charge in [-0.15, -0.1) is 0 Å². The molecule has 72 heavy (non-hydrogen) atoms. The quantitative estimate of drug-likeness (QED) is 0.138. The summed E-state index contributed by atoms with van der Waals surface area (Å²) in [5.41, 5.74) is 16.4. The summed E-state index contributed by atoms with van der Waals surface area (Å²) in [5.74, 6) is 0. The number of hydrogen-bond donors (Lipinski definition) is 0. The number of nitrogens with zero attached hydrogens (tertiary/aromatic N) is 2. The number of anilines is 3. The Morgan fingerprint density at radius 2 is 0.778 bits per heavy atom. The van der Waals surface area contributed by atoms with E-state index >= 15 is 0 Å². The van der Waals surface area contributed by atoms with Crippen molar-refractivity contribution in [2.45, 2.75) is 0 Å². The first-order chi connectivity index (χ1) is 35.8. The molecular formula is C70H46N2. The van der Waals surface area contributed by atoms with Crippen LogP contribution in [0.1, 0.15) is 0 Å². The minimum Gasteiger partial charge on any atom is -0.309 e. The summed E-state index contributed by atoms with van der Waals surface area (Å²) < 4.78 is 2.41. The van der Waals surface area contributed by atoms with Crippen molar-refractivity contribution in [1.82, 2.24) is 4.57 Å². The summed E-state index contributed by atoms with van der Waals surface area (Å²) in [6, 6.07) is 102. The highest BCUT2D eigenvalue weighted by Gasteiger charge is 2.24. The zero-order chi connectivity index (χ0) is 47.5. The van der Waals surface area contributed by atoms with Crippen LogP contribution >= 0.6 is 0 Å². The highest BCUT2D eigenvalue weighted by molar-refractivity contribution is 6.22. The summed E-state index contributed by atoms with van der Waals surface area (Å²) in [5, 5.41) is 12.4. The van der Waals surface area contributed by atoms with Crippen LogP contribution in [0.25, 0.3) is 115 Å². The first-order valence-electron chi connectivity index (χ1n) is 24.8. The second-order valence-electron chi connectivity index (χ2n) is 18.7. The highest BCUT2D eigenvalue weighted by atomic mass is 15.1. The Hall–Kier alpha value is -9.50. The summed E-state index contributed by atoms with van der Waals surface area (Å²) in [6.07, 6.45) is 0. The zero-order valence-electron chi connectivity index (χ0n) is 39.5. The van der Waals surface area contributed by atoms with Crippen LogP contribution in [-0.2, 0) is 0 Å². The predicted molar refractivity (Wildman–Crippen MR) is 307 cm³/mol. The summed E-state index contributed by atoms with van der Waals surface area (Å²) in [7, 11) is 0. The normalized spacial score (nSPS) is 11.6. The fourth-order valence-electron chi connectivity index (χ4n) is 11.6. The van der Waals surface area contributed by atoms with E-state index in [1.807, 2.05) is 0 Å². The number of benzene rings is 13. The third kappa shape index (κ3) is 6.72. The lowest BCUT2D eigenvalue weighted by molar-refractivity contribution is 1.18. The molecule has 0 spiro atoms. The fraction of sp³-hybridized carbons (Fsp3) is 0. The molecule has 1 heterocycles. The minimum absolute atomic E-state index is 1.08. The van der Waals surface area contributed by atoms with Crippen LogP contribution in [0.3, 0.4) is 0 Å². The molecular weight excluding hydrogens is 869 g/mol. The number of rotatable bonds is 8. The van der Waals surface area contributed by atoms with Crippen molar-refractivity contribution in [3.05, 3.63) is 279 Å². The van der Waals surface area contributed by atoms with Gasteiger partial charge in [-0.3, -0.25) is 0 Å². The van der Waals surface area contributed by atoms with Crippen LogP contribution in [0.5, 0.6) is 0 Å². The molecule has 0 aliphatic carbocycles. The highest BCUT2D eigenvalue weighted by Crippen LogP contribution is 2.49. The predicted octanol–water partition coefficient (Wildman–Crippen LogP) is 19.5. The Kier molecular flexibility index (Phi) is 9.89. The largest absolute Gasteiger partial charge is 0.309 e. The number of aromatic nitrogens is 1. The molecule has 1 aromatic heterocycles. The van der Waals surface area contributed by atoms with Crippen molar-refractivity contribution in [2.24, 2.45) is 0 Å². The van der Waals surface area contributed by atoms with Crippen LogP contribution < -0.4 is 4.90 Å². The maximum atomic E-state index is 2.48. The van der Waals surface area contributed by atoms with Crippen molar-refractivity contribution in [3.63, 3.8) is 0 Å². The second-order valence-corrected chi connectivity index (χ2v) is 18.7. The van der Waals surface area contributed by atoms with Gasteiger partial charge >= 0.3 is 0 Å². The third-order valence-electron chi connectivity index (χ3n) is 14.8. The molecule has 0 aliphatic heterocycles. The SMILES string of the molecule is c1ccc(-c2c(-c3ccccc3)c3cc(-c4ccc(N(c5ccccc5-c5cccc6c5c5ccccc5n6-c5ccccc5)c5cccc6c5ccc5ccccc56)cc4)ccc3c3ccccc23)cc1. The van der Waals surface area contributed by atoms with Gasteiger partial charge in [-0.2, -0.15) is 0 Å². The molecule has 2 heteroatoms. The molecule has 0 atom stereocenters. The van der Waals surface area contributed by atoms with Gasteiger partial charge in [0.25, 0.3) is 0 Å². The van der Waals surface area contributed by atoms with Gasteiger partial charge in [0, 0.05) is 33.1 Å². The molecule has 336 valence electrons. The van der Waals surface area contributed by atoms with E-state index in [4.69, 9.17) is 0 Å². The minimum atomic E-state index is 1.08. The van der Waals surface area contributed by atoms with Gasteiger partial charge in [0.05, 0.1) is 22.4 Å². The van der Waals surface area contributed by atoms with E-state index in [2.05, 4.69) is 289 Å². The van der Waals surface area contributed by atoms with Crippen LogP contribution in [-0.4, -0.2) is 4.57 Å². The Bertz CT molecular complexity index is 4360. The lowest BCUT2D eigenvalue weighted by Gasteiger charge is -2.29. The van der Waals surface area contributed by atoms with Crippen molar-refractivity contribution >= 4 is 82.0 Å². The molecule has 14 aromatic rings. The molecule has 0 bridgehead atoms. The molecule has 0 fully saturated rings. The standard InChI is InChI=1S/C70H46N2/c1-4-21-49(22-5-1)68-60-30-13-12-28-56(60)57-44-41-51(46-63(57)69(68)50-23-6-2-7-24-50)47-38-42-53(43-39-47)71(65-36-18-32-55-54-27-11-10-20-48(54)40-45-59(55)65)64-34-16-14-29-58(64)61-33-19-37-67-70(61)62-31-15-17-35-66(62)72(67)52-25-8-3-9-26-52/h1-46H. The van der Waals surface area contributed by atoms with Crippen molar-refractivity contribution < 1.29 is 0 Å². The van der Waals surface area contributed by atoms with Gasteiger partial charge in [0.2, 0.25) is 0 Å². The molecule has 0 saturated heterocycles. The van der Waals surface area contributed by atoms with Crippen LogP contribution in [0.4, 0.5) is 17.1 Å². The lowest BCUT2D eigenvalue weighted by atomic mass is 9.84. The Labute approximate surface area is 418 Å². The van der Waals surface area contributed by atoms with Gasteiger partial charge in [-0.05, 0) is 131 Å². The van der Waals surface area contributed by atoms with Gasteiger partial charge in [0.1, 0.15) is 0 Å². The van der Waals surface area contributed by atoms with Crippen molar-refractivity contribution in [3.8, 4) is 50.2 Å². The first kappa shape index (κ1) is 41.5. The number of para-hydroxylation sites is 3. The molecule has 0 N–H and O–H groups in total. The Balaban J connectivity index is 0.980. The maximum Gasteiger partial charge on any atom is 0.0547 e. The van der Waals surface area contributed by atoms with E-state index < -0.39 is 0 Å². The van der Waals surface area contributed by atoms with Crippen LogP contribution in [0, 0.1) is 0 Å². The maximum absolute atomic E-state index is 2.48. The van der Waals surface area contributed by atoms with Crippen molar-refractivity contribution in [2.75, 3.05) is 4.90 Å². The lowest BCUT2D eigenvalue weighted by Crippen LogP contribution is -2.12. The molecule has 0 radical (unpaired) electrons. The third-order valence-corrected chi connectivity index (χ3v) is 14.8. The molecule has 13 aromatic carbocycles. The smallest absolute Gasteiger partial charge is 0.0547 e. The summed E-state index contributed by atoms with van der Waals surface area (Å²) in [4.78, 5) is 2.48. The molecule has 0 unspecified atom stereocenters. The average molecular weight is 915 g/mol. The van der Waals surface area contributed by atoms with Gasteiger partial charge in [-0.1, -0.05) is 224 Å². The molecule has 2 nitrogen and oxygen atoms in total. The van der Waals surface area contributed by atoms with E-state index in [0.29, 0.717) is 0 Å². The van der Waals surface area contributed by atoms with E-state index in [-0.39, 0.29) is 0 Å². The van der Waals surface area contributed by atoms with E-state index in [1.54, 1.807) is 0 Å². The summed E-state index contributed by atoms with van der Waals surface area (Å²) in [6.45, 7) is 0. The topological polar surface area (TPSA) is 8.17 Å². The molecule has 14 rings (SSSR count). The monoisotopic (exact) mass is 914 g/mol. The van der Waals surface area contributed by atoms with Gasteiger partial charge < -0.3 is 9.47 Å². The van der Waals surface area contributed by atoms with Crippen molar-refractivity contribution in [1.29, 1.82) is 0 Å². The molecule has 0 amide bonds. The number of hydrogen-bond acceptors (Lipinski definition) is 1. The van der Waals surface area contributed by atoms with E-state index in [1.165, 1.54) is 98.3 Å². The van der Waals surface area contributed by atoms with E-state index in [9.17, 15) is 0 Å². The van der Waals surface area contributed by atoms with Gasteiger partial charge in [-0.25, -0.2) is 0 Å². The van der Waals surface area contributed by atoms with E-state index in [0.717, 1.165) is 33.9 Å². The first-order valence-corrected chi connectivity index (χ1v) is 24.8. The number of fused-ring (bicyclic) bond motifs is 9.